The van der Waals surface area contributed by atoms with E-state index in [9.17, 15) is 57.5 Å². The Morgan fingerprint density at radius 1 is 0.804 bits per heavy atom. The lowest BCUT2D eigenvalue weighted by molar-refractivity contribution is -0.392. The third-order valence-corrected chi connectivity index (χ3v) is 12.1. The molecular weight excluding hydrogens is 719 g/mol. The summed E-state index contributed by atoms with van der Waals surface area (Å²) >= 11 is 0. The molecule has 2 atom stereocenters. The highest BCUT2D eigenvalue weighted by atomic mass is 32.2. The van der Waals surface area contributed by atoms with Gasteiger partial charge < -0.3 is 14.5 Å². The smallest absolute Gasteiger partial charge is 0.349 e. The first-order valence-corrected chi connectivity index (χ1v) is 17.1. The van der Waals surface area contributed by atoms with E-state index in [0.29, 0.717) is 24.3 Å². The van der Waals surface area contributed by atoms with Crippen LogP contribution in [0, 0.1) is 23.4 Å². The van der Waals surface area contributed by atoms with Gasteiger partial charge in [-0.25, -0.2) is 21.6 Å². The van der Waals surface area contributed by atoms with Gasteiger partial charge in [-0.2, -0.15) is 26.3 Å². The fraction of sp³-hybridized carbons (Fsp3) is 0.412. The van der Waals surface area contributed by atoms with E-state index in [4.69, 9.17) is 0 Å². The van der Waals surface area contributed by atoms with Crippen molar-refractivity contribution in [2.45, 2.75) is 60.4 Å². The number of hydrogen-bond acceptors (Lipinski definition) is 5. The van der Waals surface area contributed by atoms with Crippen LogP contribution in [0.4, 0.5) is 39.5 Å². The summed E-state index contributed by atoms with van der Waals surface area (Å²) in [6.45, 7) is 0.397. The van der Waals surface area contributed by atoms with Crippen molar-refractivity contribution in [3.8, 4) is 0 Å². The highest BCUT2D eigenvalue weighted by molar-refractivity contribution is 7.92. The first-order valence-electron chi connectivity index (χ1n) is 15.6. The highest BCUT2D eigenvalue weighted by Crippen LogP contribution is 2.55. The number of carbonyl (C=O) groups excluding carboxylic acids is 2. The largest absolute Gasteiger partial charge is 0.430 e. The number of alkyl halides is 6. The minimum atomic E-state index is -6.23. The number of sulfone groups is 1. The van der Waals surface area contributed by atoms with Crippen molar-refractivity contribution in [2.75, 3.05) is 26.2 Å². The monoisotopic (exact) mass is 750 g/mol. The second-order valence-corrected chi connectivity index (χ2v) is 14.7. The van der Waals surface area contributed by atoms with Gasteiger partial charge in [0.2, 0.25) is 11.8 Å². The van der Waals surface area contributed by atoms with Crippen LogP contribution in [0.25, 0.3) is 0 Å². The molecular formula is C34H31F9N2O5S. The van der Waals surface area contributed by atoms with Gasteiger partial charge in [-0.05, 0) is 61.2 Å². The number of benzene rings is 3. The van der Waals surface area contributed by atoms with E-state index in [1.165, 1.54) is 16.7 Å². The Labute approximate surface area is 286 Å². The maximum absolute atomic E-state index is 14.5. The zero-order valence-corrected chi connectivity index (χ0v) is 27.6. The van der Waals surface area contributed by atoms with E-state index in [0.717, 1.165) is 42.5 Å². The average molecular weight is 751 g/mol. The number of hydrogen-bond donors (Lipinski definition) is 0. The molecule has 7 nitrogen and oxygen atoms in total. The van der Waals surface area contributed by atoms with Crippen LogP contribution in [0.5, 0.6) is 0 Å². The Morgan fingerprint density at radius 3 is 1.84 bits per heavy atom. The highest BCUT2D eigenvalue weighted by Gasteiger charge is 2.73. The van der Waals surface area contributed by atoms with Crippen LogP contribution in [0.3, 0.4) is 0 Å². The van der Waals surface area contributed by atoms with Crippen LogP contribution < -0.4 is 0 Å². The van der Waals surface area contributed by atoms with Gasteiger partial charge in [-0.3, -0.25) is 9.59 Å². The molecule has 1 aliphatic carbocycles. The Morgan fingerprint density at radius 2 is 1.33 bits per heavy atom. The summed E-state index contributed by atoms with van der Waals surface area (Å²) in [4.78, 5) is 27.9. The first kappa shape index (κ1) is 38.1. The number of rotatable bonds is 8. The molecule has 2 amide bonds. The molecule has 17 heteroatoms. The van der Waals surface area contributed by atoms with Crippen LogP contribution in [0.1, 0.15) is 42.9 Å². The van der Waals surface area contributed by atoms with Crippen LogP contribution in [-0.2, 0) is 41.1 Å². The number of piperazine rings is 1. The average Bonchev–Trinajstić information content (AvgIpc) is 3.53. The van der Waals surface area contributed by atoms with Gasteiger partial charge in [-0.15, -0.1) is 0 Å². The summed E-state index contributed by atoms with van der Waals surface area (Å²) in [6.07, 6.45) is -13.2. The van der Waals surface area contributed by atoms with E-state index in [1.54, 1.807) is 0 Å². The zero-order chi connectivity index (χ0) is 37.6. The van der Waals surface area contributed by atoms with E-state index in [1.807, 2.05) is 0 Å². The molecule has 2 aliphatic rings. The quantitative estimate of drug-likeness (QED) is 0.187. The van der Waals surface area contributed by atoms with Crippen LogP contribution in [-0.4, -0.2) is 68.6 Å². The zero-order valence-electron chi connectivity index (χ0n) is 26.8. The lowest BCUT2D eigenvalue weighted by Gasteiger charge is -2.38. The van der Waals surface area contributed by atoms with Gasteiger partial charge in [-0.1, -0.05) is 30.3 Å². The Bertz CT molecular complexity index is 1840. The van der Waals surface area contributed by atoms with Gasteiger partial charge in [0.05, 0.1) is 11.5 Å². The molecule has 0 spiro atoms. The summed E-state index contributed by atoms with van der Waals surface area (Å²) in [5, 5.41) is 0. The molecule has 0 N–H and O–H groups in total. The standard InChI is InChI=1S/C34H31F9N2O5S/c1-21(46)44-15-17-45(18-16-44)30(47)22-13-14-31(19-22,51(48,49)26-11-9-25(35)10-12-26)23-5-7-24(8-6-23)32(33(38,39)40,34(41,42)43)50-20-27-28(36)3-2-4-29(27)37/h2-12,22H,13-20H2,1H3/t22-,31+/m1/s1. The van der Waals surface area contributed by atoms with Gasteiger partial charge >= 0.3 is 12.4 Å². The van der Waals surface area contributed by atoms with Crippen molar-refractivity contribution in [3.05, 3.63) is 101 Å². The fourth-order valence-electron chi connectivity index (χ4n) is 6.82. The Balaban J connectivity index is 1.56. The molecule has 1 heterocycles. The summed E-state index contributed by atoms with van der Waals surface area (Å²) in [5.41, 5.74) is -8.08. The van der Waals surface area contributed by atoms with Crippen molar-refractivity contribution in [3.63, 3.8) is 0 Å². The molecule has 0 aromatic heterocycles. The van der Waals surface area contributed by atoms with Crippen LogP contribution >= 0.6 is 0 Å². The molecule has 2 fully saturated rings. The van der Waals surface area contributed by atoms with Gasteiger partial charge in [0.25, 0.3) is 5.60 Å². The molecule has 5 rings (SSSR count). The second-order valence-electron chi connectivity index (χ2n) is 12.5. The van der Waals surface area contributed by atoms with Crippen LogP contribution in [0.15, 0.2) is 71.6 Å². The molecule has 1 saturated heterocycles. The lowest BCUT2D eigenvalue weighted by Crippen LogP contribution is -2.56. The van der Waals surface area contributed by atoms with E-state index in [2.05, 4.69) is 4.74 Å². The number of nitrogens with zero attached hydrogens (tertiary/aromatic N) is 2. The molecule has 3 aromatic carbocycles. The summed E-state index contributed by atoms with van der Waals surface area (Å²) in [7, 11) is -4.60. The van der Waals surface area contributed by atoms with Crippen molar-refractivity contribution in [2.24, 2.45) is 5.92 Å². The summed E-state index contributed by atoms with van der Waals surface area (Å²) in [6, 6.07) is 8.06. The van der Waals surface area contributed by atoms with Crippen molar-refractivity contribution < 1.29 is 62.3 Å². The predicted molar refractivity (Wildman–Crippen MR) is 163 cm³/mol. The number of carbonyl (C=O) groups is 2. The van der Waals surface area contributed by atoms with Crippen molar-refractivity contribution in [1.82, 2.24) is 9.80 Å². The molecule has 3 aromatic rings. The van der Waals surface area contributed by atoms with E-state index < -0.39 is 90.9 Å². The predicted octanol–water partition coefficient (Wildman–Crippen LogP) is 6.80. The van der Waals surface area contributed by atoms with E-state index in [-0.39, 0.29) is 50.5 Å². The SMILES string of the molecule is CC(=O)N1CCN(C(=O)[C@@H]2CC[C@](c3ccc(C(OCc4c(F)cccc4F)(C(F)(F)F)C(F)(F)F)cc3)(S(=O)(=O)c3ccc(F)cc3)C2)CC1. The molecule has 0 radical (unpaired) electrons. The first-order chi connectivity index (χ1) is 23.7. The third kappa shape index (κ3) is 6.81. The molecule has 0 bridgehead atoms. The summed E-state index contributed by atoms with van der Waals surface area (Å²) < 4.78 is 160. The van der Waals surface area contributed by atoms with Gasteiger partial charge in [0.15, 0.2) is 9.84 Å². The number of halogens is 9. The molecule has 0 unspecified atom stereocenters. The minimum Gasteiger partial charge on any atom is -0.349 e. The topological polar surface area (TPSA) is 84.0 Å². The molecule has 51 heavy (non-hydrogen) atoms. The number of amides is 2. The molecule has 1 aliphatic heterocycles. The molecule has 276 valence electrons. The maximum atomic E-state index is 14.5. The normalized spacial score (nSPS) is 20.5. The van der Waals surface area contributed by atoms with Crippen molar-refractivity contribution in [1.29, 1.82) is 0 Å². The Kier molecular flexibility index (Phi) is 10.3. The van der Waals surface area contributed by atoms with Crippen molar-refractivity contribution >= 4 is 21.7 Å². The lowest BCUT2D eigenvalue weighted by atomic mass is 9.88. The van der Waals surface area contributed by atoms with Gasteiger partial charge in [0, 0.05) is 50.1 Å². The number of ether oxygens (including phenoxy) is 1. The molecule has 1 saturated carbocycles. The van der Waals surface area contributed by atoms with Gasteiger partial charge in [0.1, 0.15) is 22.2 Å². The summed E-state index contributed by atoms with van der Waals surface area (Å²) in [5.74, 6) is -5.23. The van der Waals surface area contributed by atoms with E-state index >= 15 is 0 Å². The minimum absolute atomic E-state index is 0.0275. The van der Waals surface area contributed by atoms with Crippen LogP contribution in [0.2, 0.25) is 0 Å². The maximum Gasteiger partial charge on any atom is 0.430 e. The fourth-order valence-corrected chi connectivity index (χ4v) is 9.01. The Hall–Kier alpha value is -4.12. The third-order valence-electron chi connectivity index (χ3n) is 9.61. The second kappa shape index (κ2) is 13.8.